The minimum absolute atomic E-state index is 0.0298. The van der Waals surface area contributed by atoms with Gasteiger partial charge in [0.2, 0.25) is 5.71 Å². The summed E-state index contributed by atoms with van der Waals surface area (Å²) in [5, 5.41) is 6.10. The van der Waals surface area contributed by atoms with Crippen LogP contribution in [0.2, 0.25) is 0 Å². The van der Waals surface area contributed by atoms with Crippen molar-refractivity contribution in [2.24, 2.45) is 0 Å². The van der Waals surface area contributed by atoms with Crippen LogP contribution in [0.25, 0.3) is 65.7 Å². The highest BCUT2D eigenvalue weighted by molar-refractivity contribution is 6.36. The van der Waals surface area contributed by atoms with E-state index in [1.54, 1.807) is 6.07 Å². The first-order valence-corrected chi connectivity index (χ1v) is 9.52. The van der Waals surface area contributed by atoms with Gasteiger partial charge in [0.1, 0.15) is 5.58 Å². The Morgan fingerprint density at radius 1 is 0.793 bits per heavy atom. The van der Waals surface area contributed by atoms with Crippen molar-refractivity contribution in [1.29, 1.82) is 0 Å². The molecule has 134 valence electrons. The van der Waals surface area contributed by atoms with Crippen LogP contribution in [0.5, 0.6) is 0 Å². The first kappa shape index (κ1) is 14.0. The Morgan fingerprint density at radius 2 is 1.69 bits per heavy atom. The summed E-state index contributed by atoms with van der Waals surface area (Å²) in [7, 11) is 0. The van der Waals surface area contributed by atoms with Gasteiger partial charge in [-0.2, -0.15) is 0 Å². The molecule has 0 spiro atoms. The second-order valence-corrected chi connectivity index (χ2v) is 7.66. The smallest absolute Gasteiger partial charge is 0.205 e. The van der Waals surface area contributed by atoms with Gasteiger partial charge >= 0.3 is 0 Å². The SMILES string of the molecule is O=c1cccc2c1c1c3cncc3c3c4ccc5cc4n4c(cccn2c1c34)o5. The molecule has 0 saturated carbocycles. The molecule has 29 heavy (non-hydrogen) atoms. The van der Waals surface area contributed by atoms with E-state index in [0.717, 1.165) is 60.3 Å². The Bertz CT molecular complexity index is 1990. The molecule has 0 aliphatic rings. The van der Waals surface area contributed by atoms with Gasteiger partial charge in [0, 0.05) is 57.7 Å². The summed E-state index contributed by atoms with van der Waals surface area (Å²) >= 11 is 0. The highest BCUT2D eigenvalue weighted by Gasteiger charge is 2.24. The summed E-state index contributed by atoms with van der Waals surface area (Å²) in [4.78, 5) is 17.4. The van der Waals surface area contributed by atoms with Crippen LogP contribution in [0.3, 0.4) is 0 Å². The first-order valence-electron chi connectivity index (χ1n) is 9.52. The van der Waals surface area contributed by atoms with E-state index in [4.69, 9.17) is 4.42 Å². The van der Waals surface area contributed by atoms with E-state index in [1.807, 2.05) is 48.9 Å². The van der Waals surface area contributed by atoms with Crippen LogP contribution in [-0.4, -0.2) is 13.8 Å². The first-order chi connectivity index (χ1) is 14.3. The van der Waals surface area contributed by atoms with E-state index in [2.05, 4.69) is 25.9 Å². The molecule has 0 atom stereocenters. The van der Waals surface area contributed by atoms with Gasteiger partial charge in [0.05, 0.1) is 27.5 Å². The van der Waals surface area contributed by atoms with Crippen molar-refractivity contribution in [1.82, 2.24) is 13.8 Å². The molecule has 8 aromatic rings. The second-order valence-electron chi connectivity index (χ2n) is 7.66. The molecular formula is C24H11N3O2. The van der Waals surface area contributed by atoms with Crippen LogP contribution >= 0.6 is 0 Å². The Balaban J connectivity index is 1.97. The quantitative estimate of drug-likeness (QED) is 0.368. The van der Waals surface area contributed by atoms with Crippen molar-refractivity contribution in [3.05, 3.63) is 77.3 Å². The second kappa shape index (κ2) is 4.31. The molecule has 0 radical (unpaired) electrons. The van der Waals surface area contributed by atoms with Crippen molar-refractivity contribution in [2.45, 2.75) is 0 Å². The summed E-state index contributed by atoms with van der Waals surface area (Å²) in [6.07, 6.45) is 5.81. The zero-order chi connectivity index (χ0) is 18.9. The minimum atomic E-state index is 0.0298. The number of benzene rings is 3. The summed E-state index contributed by atoms with van der Waals surface area (Å²) in [5.41, 5.74) is 5.73. The highest BCUT2D eigenvalue weighted by atomic mass is 16.3. The van der Waals surface area contributed by atoms with E-state index in [1.165, 1.54) is 5.39 Å². The molecule has 5 heterocycles. The van der Waals surface area contributed by atoms with Gasteiger partial charge in [-0.3, -0.25) is 14.2 Å². The van der Waals surface area contributed by atoms with Gasteiger partial charge in [-0.1, -0.05) is 6.07 Å². The molecule has 0 N–H and O–H groups in total. The fourth-order valence-corrected chi connectivity index (χ4v) is 5.25. The predicted molar refractivity (Wildman–Crippen MR) is 115 cm³/mol. The van der Waals surface area contributed by atoms with Crippen LogP contribution in [0.4, 0.5) is 0 Å². The van der Waals surface area contributed by atoms with E-state index in [-0.39, 0.29) is 5.43 Å². The molecule has 3 aromatic carbocycles. The summed E-state index contributed by atoms with van der Waals surface area (Å²) in [6.45, 7) is 0. The van der Waals surface area contributed by atoms with Crippen molar-refractivity contribution in [2.75, 3.05) is 0 Å². The Labute approximate surface area is 161 Å². The molecule has 5 heteroatoms. The lowest BCUT2D eigenvalue weighted by Crippen LogP contribution is -1.96. The molecule has 0 aliphatic carbocycles. The fraction of sp³-hybridized carbons (Fsp3) is 0. The third-order valence-electron chi connectivity index (χ3n) is 6.31. The molecule has 5 aromatic heterocycles. The lowest BCUT2D eigenvalue weighted by atomic mass is 10.0. The monoisotopic (exact) mass is 373 g/mol. The number of rotatable bonds is 0. The van der Waals surface area contributed by atoms with Crippen LogP contribution in [0.15, 0.2) is 76.3 Å². The van der Waals surface area contributed by atoms with E-state index in [0.29, 0.717) is 0 Å². The third kappa shape index (κ3) is 1.38. The van der Waals surface area contributed by atoms with E-state index in [9.17, 15) is 4.79 Å². The molecular weight excluding hydrogens is 362 g/mol. The molecule has 0 unspecified atom stereocenters. The van der Waals surface area contributed by atoms with Gasteiger partial charge < -0.3 is 8.82 Å². The highest BCUT2D eigenvalue weighted by Crippen LogP contribution is 2.44. The van der Waals surface area contributed by atoms with Crippen LogP contribution in [-0.2, 0) is 0 Å². The Kier molecular flexibility index (Phi) is 2.07. The summed E-state index contributed by atoms with van der Waals surface area (Å²) < 4.78 is 10.5. The average Bonchev–Trinajstić information content (AvgIpc) is 3.39. The maximum Gasteiger partial charge on any atom is 0.205 e. The third-order valence-corrected chi connectivity index (χ3v) is 6.31. The topological polar surface area (TPSA) is 51.9 Å². The normalized spacial score (nSPS) is 13.0. The number of hydrogen-bond acceptors (Lipinski definition) is 3. The molecule has 8 rings (SSSR count). The summed E-state index contributed by atoms with van der Waals surface area (Å²) in [6, 6.07) is 15.6. The lowest BCUT2D eigenvalue weighted by molar-refractivity contribution is 0.632. The predicted octanol–water partition coefficient (Wildman–Crippen LogP) is 5.18. The van der Waals surface area contributed by atoms with Gasteiger partial charge in [0.15, 0.2) is 5.43 Å². The number of nitrogens with zero attached hydrogens (tertiary/aromatic N) is 3. The molecule has 0 fully saturated rings. The minimum Gasteiger partial charge on any atom is -0.440 e. The summed E-state index contributed by atoms with van der Waals surface area (Å²) in [5.74, 6) is 0. The van der Waals surface area contributed by atoms with Crippen LogP contribution in [0, 0.1) is 0 Å². The number of fused-ring (bicyclic) bond motifs is 8. The van der Waals surface area contributed by atoms with E-state index < -0.39 is 0 Å². The van der Waals surface area contributed by atoms with Crippen molar-refractivity contribution < 1.29 is 4.42 Å². The standard InChI is InChI=1S/C24H11N3O2/c28-18-4-1-3-16-22(18)21-15-11-25-10-14(15)20-13-7-6-12-9-17(13)27-19(29-12)5-2-8-26(16)23(21)24(20)27/h1-11H. The maximum atomic E-state index is 13.0. The number of aromatic nitrogens is 3. The Hall–Kier alpha value is -4.12. The van der Waals surface area contributed by atoms with Gasteiger partial charge in [-0.25, -0.2) is 0 Å². The van der Waals surface area contributed by atoms with Gasteiger partial charge in [0.25, 0.3) is 0 Å². The van der Waals surface area contributed by atoms with Crippen LogP contribution < -0.4 is 5.43 Å². The zero-order valence-corrected chi connectivity index (χ0v) is 15.0. The largest absolute Gasteiger partial charge is 0.440 e. The molecule has 2 bridgehead atoms. The van der Waals surface area contributed by atoms with Gasteiger partial charge in [-0.05, 0) is 30.3 Å². The molecule has 0 amide bonds. The van der Waals surface area contributed by atoms with Crippen LogP contribution in [0.1, 0.15) is 0 Å². The average molecular weight is 373 g/mol. The molecule has 5 nitrogen and oxygen atoms in total. The van der Waals surface area contributed by atoms with Crippen molar-refractivity contribution in [3.63, 3.8) is 0 Å². The molecule has 0 aliphatic heterocycles. The van der Waals surface area contributed by atoms with Crippen molar-refractivity contribution in [3.8, 4) is 0 Å². The fourth-order valence-electron chi connectivity index (χ4n) is 5.25. The van der Waals surface area contributed by atoms with Gasteiger partial charge in [-0.15, -0.1) is 0 Å². The van der Waals surface area contributed by atoms with Crippen molar-refractivity contribution >= 4 is 65.7 Å². The molecule has 0 saturated heterocycles. The number of hydrogen-bond donors (Lipinski definition) is 0. The maximum absolute atomic E-state index is 13.0. The lowest BCUT2D eigenvalue weighted by Gasteiger charge is -2.06. The zero-order valence-electron chi connectivity index (χ0n) is 15.0. The van der Waals surface area contributed by atoms with E-state index >= 15 is 0 Å². The Morgan fingerprint density at radius 3 is 2.62 bits per heavy atom.